The van der Waals surface area contributed by atoms with Crippen molar-refractivity contribution in [3.63, 3.8) is 0 Å². The van der Waals surface area contributed by atoms with Gasteiger partial charge in [-0.25, -0.2) is 0 Å². The third-order valence-electron chi connectivity index (χ3n) is 6.86. The number of likely N-dealkylation sites (tertiary alicyclic amines) is 1. The van der Waals surface area contributed by atoms with Crippen molar-refractivity contribution in [3.8, 4) is 11.5 Å². The molecule has 0 spiro atoms. The summed E-state index contributed by atoms with van der Waals surface area (Å²) in [6.45, 7) is 2.08. The Morgan fingerprint density at radius 1 is 1.03 bits per heavy atom. The van der Waals surface area contributed by atoms with Crippen molar-refractivity contribution >= 4 is 6.08 Å². The second-order valence-corrected chi connectivity index (χ2v) is 8.57. The molecule has 0 bridgehead atoms. The van der Waals surface area contributed by atoms with Gasteiger partial charge in [0.2, 0.25) is 6.79 Å². The zero-order valence-corrected chi connectivity index (χ0v) is 16.8. The van der Waals surface area contributed by atoms with E-state index in [9.17, 15) is 5.11 Å². The normalized spacial score (nSPS) is 29.1. The third-order valence-corrected chi connectivity index (χ3v) is 6.86. The maximum Gasteiger partial charge on any atom is 0.231 e. The first-order valence-corrected chi connectivity index (χ1v) is 10.8. The summed E-state index contributed by atoms with van der Waals surface area (Å²) in [5.74, 6) is 1.90. The second kappa shape index (κ2) is 7.85. The van der Waals surface area contributed by atoms with Crippen molar-refractivity contribution < 1.29 is 14.6 Å². The molecule has 152 valence electrons. The van der Waals surface area contributed by atoms with Gasteiger partial charge in [-0.05, 0) is 42.5 Å². The molecular formula is C25H29NO3. The maximum atomic E-state index is 11.4. The van der Waals surface area contributed by atoms with Crippen LogP contribution in [0.2, 0.25) is 0 Å². The van der Waals surface area contributed by atoms with E-state index in [0.29, 0.717) is 6.79 Å². The standard InChI is InChI=1S/C25H29NO3/c27-25-13-5-4-10-21(25)24(20-11-12-22-23(17-20)29-18-28-22)26(16-14-25)15-6-9-19-7-2-1-3-8-19/h1-3,6-9,11-12,17,21,24,27H,4-5,10,13-16,18H2/t21?,24-,25?/m0/s1. The van der Waals surface area contributed by atoms with Crippen LogP contribution >= 0.6 is 0 Å². The van der Waals surface area contributed by atoms with Gasteiger partial charge < -0.3 is 14.6 Å². The first kappa shape index (κ1) is 18.7. The Morgan fingerprint density at radius 3 is 2.79 bits per heavy atom. The fraction of sp³-hybridized carbons (Fsp3) is 0.440. The van der Waals surface area contributed by atoms with Crippen LogP contribution in [0.4, 0.5) is 0 Å². The number of fused-ring (bicyclic) bond motifs is 2. The minimum absolute atomic E-state index is 0.198. The molecule has 2 fully saturated rings. The van der Waals surface area contributed by atoms with Crippen LogP contribution in [0.1, 0.15) is 49.3 Å². The smallest absolute Gasteiger partial charge is 0.231 e. The van der Waals surface area contributed by atoms with Gasteiger partial charge in [0.1, 0.15) is 0 Å². The second-order valence-electron chi connectivity index (χ2n) is 8.57. The number of piperidine rings is 1. The molecule has 0 amide bonds. The van der Waals surface area contributed by atoms with Crippen LogP contribution in [0.15, 0.2) is 54.6 Å². The maximum absolute atomic E-state index is 11.4. The molecule has 4 heteroatoms. The van der Waals surface area contributed by atoms with Gasteiger partial charge in [0.15, 0.2) is 11.5 Å². The topological polar surface area (TPSA) is 41.9 Å². The summed E-state index contributed by atoms with van der Waals surface area (Å²) in [5.41, 5.74) is 1.91. The summed E-state index contributed by atoms with van der Waals surface area (Å²) < 4.78 is 11.2. The molecule has 3 aliphatic rings. The van der Waals surface area contributed by atoms with Crippen LogP contribution in [0.3, 0.4) is 0 Å². The molecule has 2 heterocycles. The van der Waals surface area contributed by atoms with E-state index < -0.39 is 5.60 Å². The lowest BCUT2D eigenvalue weighted by Gasteiger charge is -2.52. The Hall–Kier alpha value is -2.30. The van der Waals surface area contributed by atoms with Crippen LogP contribution in [-0.2, 0) is 0 Å². The fourth-order valence-corrected chi connectivity index (χ4v) is 5.38. The molecule has 1 saturated heterocycles. The molecule has 1 saturated carbocycles. The van der Waals surface area contributed by atoms with Gasteiger partial charge >= 0.3 is 0 Å². The molecule has 29 heavy (non-hydrogen) atoms. The van der Waals surface area contributed by atoms with Crippen LogP contribution in [0.5, 0.6) is 11.5 Å². The fourth-order valence-electron chi connectivity index (χ4n) is 5.38. The Kier molecular flexibility index (Phi) is 5.06. The predicted molar refractivity (Wildman–Crippen MR) is 114 cm³/mol. The summed E-state index contributed by atoms with van der Waals surface area (Å²) in [6.07, 6.45) is 9.64. The number of hydrogen-bond acceptors (Lipinski definition) is 4. The van der Waals surface area contributed by atoms with Gasteiger partial charge in [-0.2, -0.15) is 0 Å². The van der Waals surface area contributed by atoms with Crippen LogP contribution in [0, 0.1) is 5.92 Å². The van der Waals surface area contributed by atoms with Gasteiger partial charge in [-0.15, -0.1) is 0 Å². The van der Waals surface area contributed by atoms with Crippen molar-refractivity contribution in [1.29, 1.82) is 0 Å². The van der Waals surface area contributed by atoms with Crippen molar-refractivity contribution in [2.45, 2.75) is 43.7 Å². The summed E-state index contributed by atoms with van der Waals surface area (Å²) in [7, 11) is 0. The summed E-state index contributed by atoms with van der Waals surface area (Å²) in [5, 5.41) is 11.4. The van der Waals surface area contributed by atoms with E-state index in [1.165, 1.54) is 17.5 Å². The quantitative estimate of drug-likeness (QED) is 0.813. The lowest BCUT2D eigenvalue weighted by atomic mass is 9.66. The highest BCUT2D eigenvalue weighted by Gasteiger charge is 2.48. The van der Waals surface area contributed by atoms with E-state index in [1.54, 1.807) is 0 Å². The Balaban J connectivity index is 1.43. The molecule has 2 aromatic rings. The summed E-state index contributed by atoms with van der Waals surface area (Å²) in [6, 6.07) is 16.9. The van der Waals surface area contributed by atoms with Crippen molar-refractivity contribution in [3.05, 3.63) is 65.7 Å². The molecule has 4 nitrogen and oxygen atoms in total. The average Bonchev–Trinajstić information content (AvgIpc) is 3.22. The summed E-state index contributed by atoms with van der Waals surface area (Å²) >= 11 is 0. The molecule has 2 aliphatic heterocycles. The predicted octanol–water partition coefficient (Wildman–Crippen LogP) is 4.80. The third kappa shape index (κ3) is 3.67. The number of aliphatic hydroxyl groups is 1. The molecule has 0 radical (unpaired) electrons. The van der Waals surface area contributed by atoms with Crippen molar-refractivity contribution in [1.82, 2.24) is 4.90 Å². The van der Waals surface area contributed by atoms with E-state index in [0.717, 1.165) is 50.3 Å². The number of benzene rings is 2. The number of hydrogen-bond donors (Lipinski definition) is 1. The number of rotatable bonds is 4. The number of nitrogens with zero attached hydrogens (tertiary/aromatic N) is 1. The molecule has 5 rings (SSSR count). The SMILES string of the molecule is OC12CCCCC1[C@H](c1ccc3c(c1)OCO3)N(CC=Cc1ccccc1)CC2. The molecule has 1 aliphatic carbocycles. The molecule has 1 N–H and O–H groups in total. The highest BCUT2D eigenvalue weighted by molar-refractivity contribution is 5.49. The highest BCUT2D eigenvalue weighted by atomic mass is 16.7. The van der Waals surface area contributed by atoms with Crippen molar-refractivity contribution in [2.24, 2.45) is 5.92 Å². The summed E-state index contributed by atoms with van der Waals surface area (Å²) in [4.78, 5) is 2.53. The van der Waals surface area contributed by atoms with E-state index >= 15 is 0 Å². The van der Waals surface area contributed by atoms with E-state index in [-0.39, 0.29) is 12.0 Å². The zero-order chi connectivity index (χ0) is 19.7. The minimum atomic E-state index is -0.543. The molecule has 2 aromatic carbocycles. The Morgan fingerprint density at radius 2 is 1.90 bits per heavy atom. The monoisotopic (exact) mass is 391 g/mol. The first-order chi connectivity index (χ1) is 14.2. The largest absolute Gasteiger partial charge is 0.454 e. The van der Waals surface area contributed by atoms with Crippen LogP contribution < -0.4 is 9.47 Å². The molecule has 0 aromatic heterocycles. The van der Waals surface area contributed by atoms with Gasteiger partial charge in [0, 0.05) is 25.0 Å². The minimum Gasteiger partial charge on any atom is -0.454 e. The highest BCUT2D eigenvalue weighted by Crippen LogP contribution is 2.50. The van der Waals surface area contributed by atoms with Gasteiger partial charge in [0.05, 0.1) is 5.60 Å². The van der Waals surface area contributed by atoms with E-state index in [1.807, 2.05) is 12.1 Å². The van der Waals surface area contributed by atoms with Gasteiger partial charge in [0.25, 0.3) is 0 Å². The van der Waals surface area contributed by atoms with Crippen LogP contribution in [-0.4, -0.2) is 35.5 Å². The lowest BCUT2D eigenvalue weighted by Crippen LogP contribution is -2.54. The Bertz CT molecular complexity index is 881. The van der Waals surface area contributed by atoms with Crippen LogP contribution in [0.25, 0.3) is 6.08 Å². The van der Waals surface area contributed by atoms with E-state index in [2.05, 4.69) is 53.5 Å². The lowest BCUT2D eigenvalue weighted by molar-refractivity contribution is -0.122. The first-order valence-electron chi connectivity index (χ1n) is 10.8. The van der Waals surface area contributed by atoms with E-state index in [4.69, 9.17) is 9.47 Å². The number of ether oxygens (including phenoxy) is 2. The molecular weight excluding hydrogens is 362 g/mol. The molecule has 3 atom stereocenters. The zero-order valence-electron chi connectivity index (χ0n) is 16.8. The van der Waals surface area contributed by atoms with Gasteiger partial charge in [-0.3, -0.25) is 4.90 Å². The van der Waals surface area contributed by atoms with Gasteiger partial charge in [-0.1, -0.05) is 61.4 Å². The molecule has 2 unspecified atom stereocenters. The Labute approximate surface area is 172 Å². The average molecular weight is 392 g/mol. The van der Waals surface area contributed by atoms with Crippen molar-refractivity contribution in [2.75, 3.05) is 19.9 Å².